The summed E-state index contributed by atoms with van der Waals surface area (Å²) in [5.74, 6) is 1.72. The number of hydrogen-bond acceptors (Lipinski definition) is 6. The van der Waals surface area contributed by atoms with Gasteiger partial charge in [-0.2, -0.15) is 0 Å². The van der Waals surface area contributed by atoms with E-state index in [9.17, 15) is 0 Å². The second kappa shape index (κ2) is 8.14. The predicted molar refractivity (Wildman–Crippen MR) is 119 cm³/mol. The van der Waals surface area contributed by atoms with Gasteiger partial charge in [0.05, 0.1) is 21.8 Å². The third-order valence-corrected chi connectivity index (χ3v) is 7.13. The number of fused-ring (bicyclic) bond motifs is 1. The van der Waals surface area contributed by atoms with Crippen molar-refractivity contribution in [3.8, 4) is 11.5 Å². The zero-order chi connectivity index (χ0) is 19.8. The molecule has 29 heavy (non-hydrogen) atoms. The quantitative estimate of drug-likeness (QED) is 0.344. The van der Waals surface area contributed by atoms with Crippen molar-refractivity contribution in [3.63, 3.8) is 0 Å². The van der Waals surface area contributed by atoms with Gasteiger partial charge < -0.3 is 4.42 Å². The van der Waals surface area contributed by atoms with Crippen molar-refractivity contribution in [2.75, 3.05) is 13.1 Å². The summed E-state index contributed by atoms with van der Waals surface area (Å²) in [6, 6.07) is 13.8. The third kappa shape index (κ3) is 4.23. The number of hydrogen-bond donors (Lipinski definition) is 0. The van der Waals surface area contributed by atoms with E-state index in [-0.39, 0.29) is 0 Å². The number of piperidine rings is 1. The first-order valence-electron chi connectivity index (χ1n) is 9.51. The van der Waals surface area contributed by atoms with Crippen LogP contribution in [-0.2, 0) is 6.54 Å². The van der Waals surface area contributed by atoms with Crippen LogP contribution in [0.15, 0.2) is 51.4 Å². The summed E-state index contributed by atoms with van der Waals surface area (Å²) in [5.41, 5.74) is 1.93. The lowest BCUT2D eigenvalue weighted by molar-refractivity contribution is 0.188. The average Bonchev–Trinajstić information content (AvgIpc) is 3.35. The molecule has 8 heteroatoms. The van der Waals surface area contributed by atoms with Crippen LogP contribution in [0.5, 0.6) is 0 Å². The van der Waals surface area contributed by atoms with Gasteiger partial charge in [0.1, 0.15) is 0 Å². The number of aromatic nitrogens is 3. The standard InChI is InChI=1S/C21H18BrClN4OS/c22-15-3-1-2-14(10-15)20-26-25-19(28-20)12-27-8-6-13(7-9-27)21-24-17-11-16(23)4-5-18(17)29-21/h1-5,10-11,13H,6-9,12H2. The van der Waals surface area contributed by atoms with E-state index in [1.54, 1.807) is 11.3 Å². The summed E-state index contributed by atoms with van der Waals surface area (Å²) in [7, 11) is 0. The van der Waals surface area contributed by atoms with E-state index < -0.39 is 0 Å². The summed E-state index contributed by atoms with van der Waals surface area (Å²) in [6.07, 6.45) is 2.17. The van der Waals surface area contributed by atoms with Gasteiger partial charge in [-0.25, -0.2) is 4.98 Å². The number of thiazole rings is 1. The molecule has 1 aliphatic heterocycles. The summed E-state index contributed by atoms with van der Waals surface area (Å²) in [6.45, 7) is 2.68. The van der Waals surface area contributed by atoms with Crippen LogP contribution in [0.4, 0.5) is 0 Å². The first-order chi connectivity index (χ1) is 14.1. The lowest BCUT2D eigenvalue weighted by Crippen LogP contribution is -2.32. The van der Waals surface area contributed by atoms with Crippen LogP contribution in [0.2, 0.25) is 5.02 Å². The molecule has 0 spiro atoms. The molecule has 3 heterocycles. The van der Waals surface area contributed by atoms with Gasteiger partial charge in [0, 0.05) is 21.0 Å². The van der Waals surface area contributed by atoms with Crippen LogP contribution < -0.4 is 0 Å². The van der Waals surface area contributed by atoms with Crippen LogP contribution in [0.1, 0.15) is 29.7 Å². The monoisotopic (exact) mass is 488 g/mol. The van der Waals surface area contributed by atoms with Crippen LogP contribution in [-0.4, -0.2) is 33.2 Å². The second-order valence-electron chi connectivity index (χ2n) is 7.23. The molecule has 1 saturated heterocycles. The Bertz CT molecular complexity index is 1150. The SMILES string of the molecule is Clc1ccc2sc(C3CCN(Cc4nnc(-c5cccc(Br)c5)o4)CC3)nc2c1. The fraction of sp³-hybridized carbons (Fsp3) is 0.286. The fourth-order valence-corrected chi connectivity index (χ4v) is 5.36. The largest absolute Gasteiger partial charge is 0.419 e. The van der Waals surface area contributed by atoms with E-state index in [2.05, 4.69) is 37.1 Å². The van der Waals surface area contributed by atoms with E-state index >= 15 is 0 Å². The molecule has 1 fully saturated rings. The van der Waals surface area contributed by atoms with E-state index in [0.29, 0.717) is 24.2 Å². The molecule has 0 bridgehead atoms. The van der Waals surface area contributed by atoms with Crippen LogP contribution in [0.25, 0.3) is 21.7 Å². The molecule has 0 unspecified atom stereocenters. The molecule has 0 atom stereocenters. The predicted octanol–water partition coefficient (Wildman–Crippen LogP) is 6.14. The third-order valence-electron chi connectivity index (χ3n) is 5.20. The highest BCUT2D eigenvalue weighted by Crippen LogP contribution is 2.35. The minimum Gasteiger partial charge on any atom is -0.419 e. The van der Waals surface area contributed by atoms with Crippen LogP contribution >= 0.6 is 38.9 Å². The Kier molecular flexibility index (Phi) is 5.39. The Morgan fingerprint density at radius 2 is 2.00 bits per heavy atom. The molecule has 2 aromatic carbocycles. The first kappa shape index (κ1) is 19.2. The van der Waals surface area contributed by atoms with Crippen molar-refractivity contribution in [2.45, 2.75) is 25.3 Å². The second-order valence-corrected chi connectivity index (χ2v) is 9.64. The molecule has 0 aliphatic carbocycles. The molecular formula is C21H18BrClN4OS. The van der Waals surface area contributed by atoms with Crippen LogP contribution in [0.3, 0.4) is 0 Å². The normalized spacial score (nSPS) is 15.9. The first-order valence-corrected chi connectivity index (χ1v) is 11.5. The van der Waals surface area contributed by atoms with Crippen molar-refractivity contribution in [2.24, 2.45) is 0 Å². The van der Waals surface area contributed by atoms with E-state index in [1.807, 2.05) is 36.4 Å². The molecule has 148 valence electrons. The summed E-state index contributed by atoms with van der Waals surface area (Å²) in [4.78, 5) is 7.20. The number of halogens is 2. The van der Waals surface area contributed by atoms with E-state index in [0.717, 1.165) is 46.5 Å². The highest BCUT2D eigenvalue weighted by molar-refractivity contribution is 9.10. The minimum atomic E-state index is 0.502. The molecule has 1 aliphatic rings. The molecule has 5 nitrogen and oxygen atoms in total. The lowest BCUT2D eigenvalue weighted by Gasteiger charge is -2.29. The zero-order valence-electron chi connectivity index (χ0n) is 15.5. The number of nitrogens with zero attached hydrogens (tertiary/aromatic N) is 4. The van der Waals surface area contributed by atoms with Gasteiger partial charge in [-0.05, 0) is 62.3 Å². The maximum Gasteiger partial charge on any atom is 0.247 e. The Morgan fingerprint density at radius 1 is 1.14 bits per heavy atom. The van der Waals surface area contributed by atoms with Crippen LogP contribution in [0, 0.1) is 0 Å². The lowest BCUT2D eigenvalue weighted by atomic mass is 9.97. The molecular weight excluding hydrogens is 472 g/mol. The molecule has 0 saturated carbocycles. The summed E-state index contributed by atoms with van der Waals surface area (Å²) >= 11 is 11.4. The van der Waals surface area contributed by atoms with Gasteiger partial charge in [-0.15, -0.1) is 21.5 Å². The highest BCUT2D eigenvalue weighted by atomic mass is 79.9. The Labute approximate surface area is 185 Å². The Morgan fingerprint density at radius 3 is 2.83 bits per heavy atom. The molecule has 0 N–H and O–H groups in total. The minimum absolute atomic E-state index is 0.502. The van der Waals surface area contributed by atoms with Gasteiger partial charge in [-0.1, -0.05) is 33.6 Å². The smallest absolute Gasteiger partial charge is 0.247 e. The number of likely N-dealkylation sites (tertiary alicyclic amines) is 1. The van der Waals surface area contributed by atoms with Gasteiger partial charge >= 0.3 is 0 Å². The number of rotatable bonds is 4. The topological polar surface area (TPSA) is 55.1 Å². The summed E-state index contributed by atoms with van der Waals surface area (Å²) < 4.78 is 8.08. The van der Waals surface area contributed by atoms with Gasteiger partial charge in [-0.3, -0.25) is 4.90 Å². The zero-order valence-corrected chi connectivity index (χ0v) is 18.7. The van der Waals surface area contributed by atoms with Crippen molar-refractivity contribution in [1.82, 2.24) is 20.1 Å². The highest BCUT2D eigenvalue weighted by Gasteiger charge is 2.24. The summed E-state index contributed by atoms with van der Waals surface area (Å²) in [5, 5.41) is 10.4. The molecule has 2 aromatic heterocycles. The average molecular weight is 490 g/mol. The van der Waals surface area contributed by atoms with Crippen molar-refractivity contribution in [3.05, 3.63) is 62.9 Å². The van der Waals surface area contributed by atoms with Gasteiger partial charge in [0.2, 0.25) is 11.8 Å². The van der Waals surface area contributed by atoms with Crippen molar-refractivity contribution in [1.29, 1.82) is 0 Å². The number of benzene rings is 2. The molecule has 0 amide bonds. The molecule has 4 aromatic rings. The van der Waals surface area contributed by atoms with Gasteiger partial charge in [0.15, 0.2) is 0 Å². The Balaban J connectivity index is 1.22. The maximum absolute atomic E-state index is 6.09. The van der Waals surface area contributed by atoms with E-state index in [4.69, 9.17) is 21.0 Å². The van der Waals surface area contributed by atoms with Gasteiger partial charge in [0.25, 0.3) is 0 Å². The fourth-order valence-electron chi connectivity index (χ4n) is 3.68. The Hall–Kier alpha value is -1.80. The maximum atomic E-state index is 6.09. The van der Waals surface area contributed by atoms with E-state index in [1.165, 1.54) is 9.71 Å². The molecule has 5 rings (SSSR count). The van der Waals surface area contributed by atoms with Crippen molar-refractivity contribution >= 4 is 49.1 Å². The molecule has 0 radical (unpaired) electrons. The van der Waals surface area contributed by atoms with Crippen molar-refractivity contribution < 1.29 is 4.42 Å².